The Morgan fingerprint density at radius 3 is 2.65 bits per heavy atom. The van der Waals surface area contributed by atoms with Gasteiger partial charge in [0.25, 0.3) is 0 Å². The van der Waals surface area contributed by atoms with Crippen LogP contribution in [-0.4, -0.2) is 16.8 Å². The summed E-state index contributed by atoms with van der Waals surface area (Å²) in [5.41, 5.74) is 4.47. The fourth-order valence-corrected chi connectivity index (χ4v) is 4.88. The van der Waals surface area contributed by atoms with E-state index in [2.05, 4.69) is 53.9 Å². The van der Waals surface area contributed by atoms with Crippen LogP contribution in [0.5, 0.6) is 17.2 Å². The quantitative estimate of drug-likeness (QED) is 0.346. The third kappa shape index (κ3) is 3.98. The van der Waals surface area contributed by atoms with E-state index in [9.17, 15) is 10.2 Å². The Morgan fingerprint density at radius 1 is 0.935 bits per heavy atom. The van der Waals surface area contributed by atoms with Gasteiger partial charge in [0.1, 0.15) is 17.2 Å². The first-order valence-electron chi connectivity index (χ1n) is 10.9. The van der Waals surface area contributed by atoms with Crippen molar-refractivity contribution in [1.82, 2.24) is 0 Å². The Balaban J connectivity index is 1.31. The van der Waals surface area contributed by atoms with Crippen LogP contribution in [0.2, 0.25) is 0 Å². The fourth-order valence-electron chi connectivity index (χ4n) is 4.88. The number of hydrogen-bond acceptors (Lipinski definition) is 4. The van der Waals surface area contributed by atoms with Gasteiger partial charge in [-0.3, -0.25) is 0 Å². The second-order valence-electron chi connectivity index (χ2n) is 8.41. The van der Waals surface area contributed by atoms with Gasteiger partial charge in [0.2, 0.25) is 0 Å². The number of phenols is 2. The first-order chi connectivity index (χ1) is 15.2. The molecular formula is C27H27NO3. The van der Waals surface area contributed by atoms with Crippen molar-refractivity contribution < 1.29 is 14.9 Å². The number of phenolic OH excluding ortho intramolecular Hbond substituents is 2. The molecule has 0 radical (unpaired) electrons. The largest absolute Gasteiger partial charge is 0.508 e. The van der Waals surface area contributed by atoms with Gasteiger partial charge >= 0.3 is 0 Å². The number of aryl methyl sites for hydroxylation is 1. The first kappa shape index (κ1) is 19.6. The maximum absolute atomic E-state index is 10.4. The lowest BCUT2D eigenvalue weighted by Gasteiger charge is -2.37. The van der Waals surface area contributed by atoms with Gasteiger partial charge in [-0.25, -0.2) is 0 Å². The minimum Gasteiger partial charge on any atom is -0.508 e. The van der Waals surface area contributed by atoms with Gasteiger partial charge in [0, 0.05) is 23.2 Å². The minimum absolute atomic E-state index is 0.00857. The lowest BCUT2D eigenvalue weighted by Crippen LogP contribution is -2.29. The zero-order chi connectivity index (χ0) is 21.2. The number of allylic oxidation sites excluding steroid dienone is 2. The lowest BCUT2D eigenvalue weighted by molar-refractivity contribution is 0.310. The maximum Gasteiger partial charge on any atom is 0.124 e. The highest BCUT2D eigenvalue weighted by Gasteiger charge is 2.39. The van der Waals surface area contributed by atoms with Gasteiger partial charge < -0.3 is 20.3 Å². The summed E-state index contributed by atoms with van der Waals surface area (Å²) in [5.74, 6) is 1.70. The third-order valence-electron chi connectivity index (χ3n) is 6.40. The predicted molar refractivity (Wildman–Crippen MR) is 123 cm³/mol. The number of aromatic hydroxyl groups is 2. The normalized spacial score (nSPS) is 21.2. The van der Waals surface area contributed by atoms with Crippen molar-refractivity contribution in [2.45, 2.75) is 31.2 Å². The number of benzene rings is 3. The van der Waals surface area contributed by atoms with Gasteiger partial charge in [-0.2, -0.15) is 0 Å². The zero-order valence-electron chi connectivity index (χ0n) is 17.4. The van der Waals surface area contributed by atoms with Crippen LogP contribution in [0.3, 0.4) is 0 Å². The van der Waals surface area contributed by atoms with Crippen molar-refractivity contribution in [3.8, 4) is 17.2 Å². The second-order valence-corrected chi connectivity index (χ2v) is 8.41. The number of anilines is 1. The standard InChI is InChI=1S/C27H27NO3/c29-19-11-13-23(26(30)16-19)27-22-10-4-9-21(22)24-17-20(12-14-25(24)28-27)31-15-5-8-18-6-2-1-3-7-18/h1-4,6-7,9,11-14,16-17,21-22,27-30H,5,8,10,15H2. The topological polar surface area (TPSA) is 61.7 Å². The summed E-state index contributed by atoms with van der Waals surface area (Å²) in [7, 11) is 0. The molecule has 0 spiro atoms. The summed E-state index contributed by atoms with van der Waals surface area (Å²) in [6.07, 6.45) is 7.44. The smallest absolute Gasteiger partial charge is 0.124 e. The molecule has 0 bridgehead atoms. The zero-order valence-corrected chi connectivity index (χ0v) is 17.4. The Labute approximate surface area is 182 Å². The fraction of sp³-hybridized carbons (Fsp3) is 0.259. The van der Waals surface area contributed by atoms with Crippen LogP contribution in [0, 0.1) is 5.92 Å². The summed E-state index contributed by atoms with van der Waals surface area (Å²) in [6, 6.07) is 21.6. The highest BCUT2D eigenvalue weighted by molar-refractivity contribution is 5.62. The van der Waals surface area contributed by atoms with Crippen LogP contribution in [-0.2, 0) is 6.42 Å². The number of hydrogen-bond donors (Lipinski definition) is 3. The van der Waals surface area contributed by atoms with Crippen LogP contribution < -0.4 is 10.1 Å². The van der Waals surface area contributed by atoms with Crippen LogP contribution >= 0.6 is 0 Å². The number of rotatable bonds is 6. The average molecular weight is 414 g/mol. The molecule has 0 amide bonds. The second kappa shape index (κ2) is 8.38. The Bertz CT molecular complexity index is 1090. The molecule has 1 aliphatic carbocycles. The highest BCUT2D eigenvalue weighted by Crippen LogP contribution is 2.51. The third-order valence-corrected chi connectivity index (χ3v) is 6.40. The van der Waals surface area contributed by atoms with Gasteiger partial charge in [-0.05, 0) is 66.6 Å². The highest BCUT2D eigenvalue weighted by atomic mass is 16.5. The maximum atomic E-state index is 10.4. The molecule has 2 aliphatic rings. The van der Waals surface area contributed by atoms with E-state index in [-0.39, 0.29) is 23.5 Å². The van der Waals surface area contributed by atoms with Gasteiger partial charge in [0.15, 0.2) is 0 Å². The summed E-state index contributed by atoms with van der Waals surface area (Å²) in [6.45, 7) is 0.690. The molecule has 3 aromatic carbocycles. The molecule has 4 nitrogen and oxygen atoms in total. The number of ether oxygens (including phenoxy) is 1. The van der Waals surface area contributed by atoms with Gasteiger partial charge in [0.05, 0.1) is 12.6 Å². The average Bonchev–Trinajstić information content (AvgIpc) is 3.28. The van der Waals surface area contributed by atoms with Crippen molar-refractivity contribution in [3.05, 3.63) is 95.6 Å². The van der Waals surface area contributed by atoms with E-state index in [1.54, 1.807) is 6.07 Å². The minimum atomic E-state index is -0.00857. The lowest BCUT2D eigenvalue weighted by atomic mass is 9.77. The molecule has 0 fully saturated rings. The molecule has 5 rings (SSSR count). The van der Waals surface area contributed by atoms with E-state index in [4.69, 9.17) is 4.74 Å². The molecule has 3 N–H and O–H groups in total. The molecular weight excluding hydrogens is 386 g/mol. The summed E-state index contributed by atoms with van der Waals surface area (Å²) in [4.78, 5) is 0. The van der Waals surface area contributed by atoms with E-state index in [0.717, 1.165) is 36.3 Å². The molecule has 0 saturated carbocycles. The number of nitrogens with one attached hydrogen (secondary N) is 1. The summed E-state index contributed by atoms with van der Waals surface area (Å²) < 4.78 is 6.07. The van der Waals surface area contributed by atoms with E-state index in [0.29, 0.717) is 12.5 Å². The SMILES string of the molecule is Oc1ccc(C2Nc3ccc(OCCCc4ccccc4)cc3C3C=CCC32)c(O)c1. The molecule has 1 heterocycles. The molecule has 0 saturated heterocycles. The first-order valence-corrected chi connectivity index (χ1v) is 10.9. The van der Waals surface area contributed by atoms with Crippen LogP contribution in [0.1, 0.15) is 41.5 Å². The predicted octanol–water partition coefficient (Wildman–Crippen LogP) is 5.94. The molecule has 1 aliphatic heterocycles. The van der Waals surface area contributed by atoms with Crippen LogP contribution in [0.15, 0.2) is 78.9 Å². The van der Waals surface area contributed by atoms with Crippen LogP contribution in [0.4, 0.5) is 5.69 Å². The van der Waals surface area contributed by atoms with Gasteiger partial charge in [-0.15, -0.1) is 0 Å². The van der Waals surface area contributed by atoms with E-state index >= 15 is 0 Å². The molecule has 31 heavy (non-hydrogen) atoms. The van der Waals surface area contributed by atoms with Crippen molar-refractivity contribution in [3.63, 3.8) is 0 Å². The molecule has 0 aromatic heterocycles. The van der Waals surface area contributed by atoms with Crippen molar-refractivity contribution in [2.24, 2.45) is 5.92 Å². The van der Waals surface area contributed by atoms with E-state index in [1.165, 1.54) is 17.2 Å². The van der Waals surface area contributed by atoms with Crippen molar-refractivity contribution in [2.75, 3.05) is 11.9 Å². The van der Waals surface area contributed by atoms with Crippen LogP contribution in [0.25, 0.3) is 0 Å². The Hall–Kier alpha value is -3.40. The molecule has 158 valence electrons. The van der Waals surface area contributed by atoms with E-state index < -0.39 is 0 Å². The molecule has 4 heteroatoms. The summed E-state index contributed by atoms with van der Waals surface area (Å²) in [5, 5.41) is 23.7. The van der Waals surface area contributed by atoms with Crippen molar-refractivity contribution in [1.29, 1.82) is 0 Å². The Kier molecular flexibility index (Phi) is 5.29. The van der Waals surface area contributed by atoms with Gasteiger partial charge in [-0.1, -0.05) is 42.5 Å². The summed E-state index contributed by atoms with van der Waals surface area (Å²) >= 11 is 0. The van der Waals surface area contributed by atoms with E-state index in [1.807, 2.05) is 18.2 Å². The Morgan fingerprint density at radius 2 is 1.81 bits per heavy atom. The monoisotopic (exact) mass is 413 g/mol. The number of fused-ring (bicyclic) bond motifs is 3. The molecule has 3 aromatic rings. The molecule has 3 atom stereocenters. The molecule has 3 unspecified atom stereocenters. The van der Waals surface area contributed by atoms with Crippen molar-refractivity contribution >= 4 is 5.69 Å².